The van der Waals surface area contributed by atoms with Gasteiger partial charge in [-0.2, -0.15) is 0 Å². The van der Waals surface area contributed by atoms with Gasteiger partial charge in [-0.05, 0) is 58.3 Å². The lowest BCUT2D eigenvalue weighted by Crippen LogP contribution is -2.52. The molecule has 9 heteroatoms. The molecule has 152 valence electrons. The van der Waals surface area contributed by atoms with Crippen molar-refractivity contribution in [2.75, 3.05) is 33.0 Å². The van der Waals surface area contributed by atoms with E-state index in [1.807, 2.05) is 5.92 Å². The van der Waals surface area contributed by atoms with Crippen LogP contribution in [0.1, 0.15) is 6.42 Å². The van der Waals surface area contributed by atoms with E-state index in [1.54, 1.807) is 0 Å². The Hall–Kier alpha value is -0.479. The van der Waals surface area contributed by atoms with Gasteiger partial charge in [-0.1, -0.05) is 0 Å². The number of ether oxygens (including phenoxy) is 3. The van der Waals surface area contributed by atoms with Gasteiger partial charge in [0, 0.05) is 12.5 Å². The predicted octanol–water partition coefficient (Wildman–Crippen LogP) is 3.36. The molecule has 0 radical (unpaired) electrons. The maximum atomic E-state index is 10.7. The van der Waals surface area contributed by atoms with Crippen LogP contribution < -0.4 is 0 Å². The molecule has 0 rings (SSSR count). The zero-order chi connectivity index (χ0) is 20.3. The van der Waals surface area contributed by atoms with Crippen LogP contribution in [0.5, 0.6) is 0 Å². The van der Waals surface area contributed by atoms with Crippen molar-refractivity contribution in [3.8, 4) is 12.3 Å². The van der Waals surface area contributed by atoms with Crippen molar-refractivity contribution in [2.45, 2.75) is 58.3 Å². The fourth-order valence-electron chi connectivity index (χ4n) is 2.47. The molecule has 0 bridgehead atoms. The van der Waals surface area contributed by atoms with Gasteiger partial charge in [0.2, 0.25) is 0 Å². The Labute approximate surface area is 162 Å². The summed E-state index contributed by atoms with van der Waals surface area (Å²) in [5.41, 5.74) is 0. The van der Waals surface area contributed by atoms with Crippen molar-refractivity contribution >= 4 is 31.2 Å². The summed E-state index contributed by atoms with van der Waals surface area (Å²) < 4.78 is 28.5. The molecule has 0 aromatic carbocycles. The highest BCUT2D eigenvalue weighted by Gasteiger charge is 2.39. The summed E-state index contributed by atoms with van der Waals surface area (Å²) in [5, 5.41) is 0. The van der Waals surface area contributed by atoms with Crippen LogP contribution in [0.4, 0.5) is 0 Å². The first-order chi connectivity index (χ1) is 11.9. The Kier molecular flexibility index (Phi) is 11.9. The van der Waals surface area contributed by atoms with Crippen LogP contribution in [0.3, 0.4) is 0 Å². The molecule has 0 unspecified atom stereocenters. The van der Waals surface area contributed by atoms with E-state index in [1.165, 1.54) is 0 Å². The highest BCUT2D eigenvalue weighted by molar-refractivity contribution is 6.87. The molecule has 0 N–H and O–H groups in total. The SMILES string of the molecule is C#CC(=O)OCCOCCOCCC[Si](C)(O[Si](C)(C)C)O[Si](C)(C)C. The topological polar surface area (TPSA) is 63.2 Å². The van der Waals surface area contributed by atoms with Gasteiger partial charge in [0.15, 0.2) is 16.6 Å². The van der Waals surface area contributed by atoms with Gasteiger partial charge in [0.05, 0.1) is 19.8 Å². The second-order valence-electron chi connectivity index (χ2n) is 8.17. The Morgan fingerprint density at radius 2 is 1.27 bits per heavy atom. The number of carbonyl (C=O) groups excluding carboxylic acids is 1. The Morgan fingerprint density at radius 1 is 0.808 bits per heavy atom. The highest BCUT2D eigenvalue weighted by Crippen LogP contribution is 2.25. The first kappa shape index (κ1) is 25.5. The first-order valence-electron chi connectivity index (χ1n) is 9.06. The van der Waals surface area contributed by atoms with Gasteiger partial charge in [0.25, 0.3) is 0 Å². The predicted molar refractivity (Wildman–Crippen MR) is 111 cm³/mol. The van der Waals surface area contributed by atoms with Crippen LogP contribution in [0, 0.1) is 12.3 Å². The number of rotatable bonds is 14. The second kappa shape index (κ2) is 12.1. The third-order valence-electron chi connectivity index (χ3n) is 2.91. The number of esters is 1. The Balaban J connectivity index is 3.96. The van der Waals surface area contributed by atoms with Crippen molar-refractivity contribution in [3.05, 3.63) is 0 Å². The Bertz CT molecular complexity index is 435. The fraction of sp³-hybridized carbons (Fsp3) is 0.824. The van der Waals surface area contributed by atoms with E-state index in [-0.39, 0.29) is 6.61 Å². The van der Waals surface area contributed by atoms with Gasteiger partial charge in [-0.25, -0.2) is 4.79 Å². The van der Waals surface area contributed by atoms with Crippen LogP contribution in [0.15, 0.2) is 0 Å². The molecule has 0 aromatic rings. The molecule has 26 heavy (non-hydrogen) atoms. The minimum atomic E-state index is -2.17. The van der Waals surface area contributed by atoms with Gasteiger partial charge < -0.3 is 22.4 Å². The maximum absolute atomic E-state index is 10.7. The first-order valence-corrected chi connectivity index (χ1v) is 18.4. The average molecular weight is 421 g/mol. The lowest BCUT2D eigenvalue weighted by molar-refractivity contribution is -0.138. The molecule has 0 fully saturated rings. The molecule has 6 nitrogen and oxygen atoms in total. The third-order valence-corrected chi connectivity index (χ3v) is 12.5. The van der Waals surface area contributed by atoms with Crippen molar-refractivity contribution < 1.29 is 27.2 Å². The molecule has 0 aliphatic carbocycles. The monoisotopic (exact) mass is 420 g/mol. The van der Waals surface area contributed by atoms with E-state index in [4.69, 9.17) is 28.9 Å². The summed E-state index contributed by atoms with van der Waals surface area (Å²) >= 11 is 0. The summed E-state index contributed by atoms with van der Waals surface area (Å²) in [4.78, 5) is 10.7. The van der Waals surface area contributed by atoms with Gasteiger partial charge in [-0.3, -0.25) is 0 Å². The quantitative estimate of drug-likeness (QED) is 0.141. The van der Waals surface area contributed by atoms with E-state index in [9.17, 15) is 4.79 Å². The van der Waals surface area contributed by atoms with Crippen molar-refractivity contribution in [3.63, 3.8) is 0 Å². The second-order valence-corrected chi connectivity index (χ2v) is 21.0. The molecule has 0 aliphatic rings. The van der Waals surface area contributed by atoms with E-state index < -0.39 is 31.2 Å². The Morgan fingerprint density at radius 3 is 1.73 bits per heavy atom. The zero-order valence-electron chi connectivity index (χ0n) is 17.5. The molecule has 0 amide bonds. The number of carbonyl (C=O) groups is 1. The molecule has 0 saturated heterocycles. The summed E-state index contributed by atoms with van der Waals surface area (Å²) in [6, 6.07) is 0.935. The molecule has 0 saturated carbocycles. The number of hydrogen-bond acceptors (Lipinski definition) is 6. The molecule has 0 aliphatic heterocycles. The molecule has 0 aromatic heterocycles. The number of terminal acetylenes is 1. The van der Waals surface area contributed by atoms with Gasteiger partial charge in [-0.15, -0.1) is 6.42 Å². The lowest BCUT2D eigenvalue weighted by Gasteiger charge is -2.38. The summed E-state index contributed by atoms with van der Waals surface area (Å²) in [6.45, 7) is 17.5. The highest BCUT2D eigenvalue weighted by atomic mass is 28.5. The molecule has 0 spiro atoms. The van der Waals surface area contributed by atoms with Crippen molar-refractivity contribution in [1.29, 1.82) is 0 Å². The van der Waals surface area contributed by atoms with Crippen LogP contribution in [0.2, 0.25) is 51.9 Å². The summed E-state index contributed by atoms with van der Waals surface area (Å²) in [7, 11) is -5.47. The van der Waals surface area contributed by atoms with Crippen LogP contribution in [0.25, 0.3) is 0 Å². The van der Waals surface area contributed by atoms with Crippen molar-refractivity contribution in [2.24, 2.45) is 0 Å². The minimum absolute atomic E-state index is 0.162. The van der Waals surface area contributed by atoms with E-state index in [0.717, 1.165) is 12.5 Å². The lowest BCUT2D eigenvalue weighted by atomic mass is 10.5. The normalized spacial score (nSPS) is 12.7. The summed E-state index contributed by atoms with van der Waals surface area (Å²) in [5.74, 6) is 1.21. The standard InChI is InChI=1S/C17H36O6Si3/c1-9-17(18)21-15-14-20-13-12-19-11-10-16-26(8,22-24(2,3)4)23-25(5,6)7/h1H,10-16H2,2-8H3. The van der Waals surface area contributed by atoms with Gasteiger partial charge in [0.1, 0.15) is 6.61 Å². The zero-order valence-corrected chi connectivity index (χ0v) is 20.5. The van der Waals surface area contributed by atoms with E-state index >= 15 is 0 Å². The molecule has 0 heterocycles. The van der Waals surface area contributed by atoms with E-state index in [0.29, 0.717) is 26.4 Å². The third kappa shape index (κ3) is 15.8. The van der Waals surface area contributed by atoms with Gasteiger partial charge >= 0.3 is 14.5 Å². The molecular weight excluding hydrogens is 384 g/mol. The van der Waals surface area contributed by atoms with Crippen LogP contribution in [-0.2, 0) is 27.2 Å². The number of hydrogen-bond donors (Lipinski definition) is 0. The minimum Gasteiger partial charge on any atom is -0.454 e. The van der Waals surface area contributed by atoms with E-state index in [2.05, 4.69) is 45.8 Å². The maximum Gasteiger partial charge on any atom is 0.384 e. The van der Waals surface area contributed by atoms with Crippen LogP contribution in [-0.4, -0.2) is 64.2 Å². The fourth-order valence-corrected chi connectivity index (χ4v) is 15.0. The molecular formula is C17H36O6Si3. The smallest absolute Gasteiger partial charge is 0.384 e. The van der Waals surface area contributed by atoms with Crippen LogP contribution >= 0.6 is 0 Å². The largest absolute Gasteiger partial charge is 0.454 e. The van der Waals surface area contributed by atoms with Crippen molar-refractivity contribution in [1.82, 2.24) is 0 Å². The molecule has 0 atom stereocenters. The average Bonchev–Trinajstić information content (AvgIpc) is 2.44. The summed E-state index contributed by atoms with van der Waals surface area (Å²) in [6.07, 6.45) is 5.80.